The highest BCUT2D eigenvalue weighted by Gasteiger charge is 2.16. The summed E-state index contributed by atoms with van der Waals surface area (Å²) in [4.78, 5) is 17.1. The molecule has 0 spiro atoms. The molecular formula is C21H26ClN3O. The monoisotopic (exact) mass is 371 g/mol. The van der Waals surface area contributed by atoms with Crippen molar-refractivity contribution in [2.75, 3.05) is 39.3 Å². The maximum atomic E-state index is 12.1. The van der Waals surface area contributed by atoms with Crippen LogP contribution in [0.15, 0.2) is 54.6 Å². The first kappa shape index (κ1) is 18.9. The highest BCUT2D eigenvalue weighted by Crippen LogP contribution is 2.14. The summed E-state index contributed by atoms with van der Waals surface area (Å²) >= 11 is 6.05. The number of hydrogen-bond acceptors (Lipinski definition) is 3. The average molecular weight is 372 g/mol. The van der Waals surface area contributed by atoms with Crippen LogP contribution in [0.3, 0.4) is 0 Å². The third kappa shape index (κ3) is 5.56. The van der Waals surface area contributed by atoms with E-state index in [2.05, 4.69) is 45.4 Å². The lowest BCUT2D eigenvalue weighted by molar-refractivity contribution is 0.0947. The lowest BCUT2D eigenvalue weighted by Crippen LogP contribution is -2.46. The van der Waals surface area contributed by atoms with Crippen LogP contribution in [0.5, 0.6) is 0 Å². The van der Waals surface area contributed by atoms with Gasteiger partial charge in [-0.2, -0.15) is 0 Å². The summed E-state index contributed by atoms with van der Waals surface area (Å²) in [5.74, 6) is -0.0942. The van der Waals surface area contributed by atoms with Gasteiger partial charge in [0.2, 0.25) is 0 Å². The number of piperazine rings is 1. The van der Waals surface area contributed by atoms with Gasteiger partial charge < -0.3 is 10.2 Å². The minimum Gasteiger partial charge on any atom is -0.352 e. The van der Waals surface area contributed by atoms with Gasteiger partial charge >= 0.3 is 0 Å². The summed E-state index contributed by atoms with van der Waals surface area (Å²) in [7, 11) is 0. The first-order valence-corrected chi connectivity index (χ1v) is 9.61. The van der Waals surface area contributed by atoms with Gasteiger partial charge in [-0.05, 0) is 30.7 Å². The predicted molar refractivity (Wildman–Crippen MR) is 107 cm³/mol. The zero-order valence-electron chi connectivity index (χ0n) is 15.0. The number of carbonyl (C=O) groups is 1. The summed E-state index contributed by atoms with van der Waals surface area (Å²) in [5.41, 5.74) is 1.92. The van der Waals surface area contributed by atoms with Crippen molar-refractivity contribution in [3.05, 3.63) is 70.7 Å². The van der Waals surface area contributed by atoms with Crippen molar-refractivity contribution in [1.29, 1.82) is 0 Å². The molecule has 5 heteroatoms. The normalized spacial score (nSPS) is 15.7. The Morgan fingerprint density at radius 3 is 2.31 bits per heavy atom. The zero-order chi connectivity index (χ0) is 18.2. The molecule has 1 aliphatic heterocycles. The molecule has 0 saturated carbocycles. The van der Waals surface area contributed by atoms with Crippen molar-refractivity contribution in [2.24, 2.45) is 0 Å². The molecule has 138 valence electrons. The molecule has 2 aromatic rings. The zero-order valence-corrected chi connectivity index (χ0v) is 15.8. The van der Waals surface area contributed by atoms with E-state index in [4.69, 9.17) is 11.6 Å². The number of benzene rings is 2. The molecule has 1 saturated heterocycles. The molecule has 0 radical (unpaired) electrons. The maximum Gasteiger partial charge on any atom is 0.252 e. The Hall–Kier alpha value is -1.88. The van der Waals surface area contributed by atoms with Crippen LogP contribution >= 0.6 is 11.6 Å². The van der Waals surface area contributed by atoms with Crippen LogP contribution in [0.1, 0.15) is 22.3 Å². The quantitative estimate of drug-likeness (QED) is 0.759. The highest BCUT2D eigenvalue weighted by molar-refractivity contribution is 6.33. The SMILES string of the molecule is O=C(NCCCN1CCN(Cc2ccccc2)CC1)c1ccccc1Cl. The number of carbonyl (C=O) groups excluding carboxylic acids is 1. The second kappa shape index (κ2) is 9.72. The fraction of sp³-hybridized carbons (Fsp3) is 0.381. The van der Waals surface area contributed by atoms with Gasteiger partial charge in [-0.3, -0.25) is 9.69 Å². The van der Waals surface area contributed by atoms with Crippen molar-refractivity contribution in [2.45, 2.75) is 13.0 Å². The van der Waals surface area contributed by atoms with Crippen LogP contribution in [-0.4, -0.2) is 55.0 Å². The van der Waals surface area contributed by atoms with Crippen LogP contribution in [0.4, 0.5) is 0 Å². The molecule has 1 fully saturated rings. The lowest BCUT2D eigenvalue weighted by atomic mass is 10.2. The molecule has 0 bridgehead atoms. The first-order valence-electron chi connectivity index (χ1n) is 9.24. The lowest BCUT2D eigenvalue weighted by Gasteiger charge is -2.34. The van der Waals surface area contributed by atoms with Gasteiger partial charge in [0.25, 0.3) is 5.91 Å². The van der Waals surface area contributed by atoms with Gasteiger partial charge in [-0.15, -0.1) is 0 Å². The Labute approximate surface area is 160 Å². The molecular weight excluding hydrogens is 346 g/mol. The number of amides is 1. The van der Waals surface area contributed by atoms with Crippen molar-refractivity contribution < 1.29 is 4.79 Å². The van der Waals surface area contributed by atoms with E-state index in [0.29, 0.717) is 17.1 Å². The summed E-state index contributed by atoms with van der Waals surface area (Å²) in [6.07, 6.45) is 0.953. The fourth-order valence-corrected chi connectivity index (χ4v) is 3.48. The van der Waals surface area contributed by atoms with Gasteiger partial charge in [0, 0.05) is 39.3 Å². The summed E-state index contributed by atoms with van der Waals surface area (Å²) < 4.78 is 0. The molecule has 2 aromatic carbocycles. The summed E-state index contributed by atoms with van der Waals surface area (Å²) in [6, 6.07) is 17.8. The maximum absolute atomic E-state index is 12.1. The van der Waals surface area contributed by atoms with E-state index in [1.165, 1.54) is 5.56 Å². The molecule has 4 nitrogen and oxygen atoms in total. The Kier molecular flexibility index (Phi) is 7.06. The second-order valence-corrected chi connectivity index (χ2v) is 7.10. The number of nitrogens with zero attached hydrogens (tertiary/aromatic N) is 2. The molecule has 0 aliphatic carbocycles. The van der Waals surface area contributed by atoms with Gasteiger partial charge in [0.05, 0.1) is 10.6 Å². The minimum atomic E-state index is -0.0942. The van der Waals surface area contributed by atoms with Crippen LogP contribution < -0.4 is 5.32 Å². The first-order chi connectivity index (χ1) is 12.7. The van der Waals surface area contributed by atoms with E-state index in [-0.39, 0.29) is 5.91 Å². The molecule has 0 unspecified atom stereocenters. The third-order valence-corrected chi connectivity index (χ3v) is 5.10. The Morgan fingerprint density at radius 1 is 0.923 bits per heavy atom. The number of halogens is 1. The standard InChI is InChI=1S/C21H26ClN3O/c22-20-10-5-4-9-19(20)21(26)23-11-6-12-24-13-15-25(16-14-24)17-18-7-2-1-3-8-18/h1-5,7-10H,6,11-17H2,(H,23,26). The average Bonchev–Trinajstić information content (AvgIpc) is 2.67. The highest BCUT2D eigenvalue weighted by atomic mass is 35.5. The van der Waals surface area contributed by atoms with Crippen molar-refractivity contribution >= 4 is 17.5 Å². The van der Waals surface area contributed by atoms with Gasteiger partial charge in [-0.1, -0.05) is 54.1 Å². The van der Waals surface area contributed by atoms with Crippen molar-refractivity contribution in [1.82, 2.24) is 15.1 Å². The number of nitrogens with one attached hydrogen (secondary N) is 1. The minimum absolute atomic E-state index is 0.0942. The molecule has 0 aromatic heterocycles. The summed E-state index contributed by atoms with van der Waals surface area (Å²) in [6.45, 7) is 7.09. The van der Waals surface area contributed by atoms with Crippen molar-refractivity contribution in [3.63, 3.8) is 0 Å². The third-order valence-electron chi connectivity index (χ3n) is 4.77. The van der Waals surface area contributed by atoms with Gasteiger partial charge in [0.15, 0.2) is 0 Å². The van der Waals surface area contributed by atoms with Gasteiger partial charge in [-0.25, -0.2) is 0 Å². The van der Waals surface area contributed by atoms with Crippen LogP contribution in [0.25, 0.3) is 0 Å². The number of hydrogen-bond donors (Lipinski definition) is 1. The molecule has 1 amide bonds. The Balaban J connectivity index is 1.32. The topological polar surface area (TPSA) is 35.6 Å². The van der Waals surface area contributed by atoms with Crippen molar-refractivity contribution in [3.8, 4) is 0 Å². The molecule has 3 rings (SSSR count). The molecule has 1 aliphatic rings. The van der Waals surface area contributed by atoms with E-state index in [1.54, 1.807) is 12.1 Å². The van der Waals surface area contributed by atoms with E-state index < -0.39 is 0 Å². The van der Waals surface area contributed by atoms with Crippen LogP contribution in [0.2, 0.25) is 5.02 Å². The smallest absolute Gasteiger partial charge is 0.252 e. The molecule has 0 atom stereocenters. The Bertz CT molecular complexity index is 699. The van der Waals surface area contributed by atoms with E-state index in [1.807, 2.05) is 12.1 Å². The van der Waals surface area contributed by atoms with Crippen LogP contribution in [-0.2, 0) is 6.54 Å². The fourth-order valence-electron chi connectivity index (χ4n) is 3.26. The molecule has 1 N–H and O–H groups in total. The van der Waals surface area contributed by atoms with Gasteiger partial charge in [0.1, 0.15) is 0 Å². The molecule has 1 heterocycles. The van der Waals surface area contributed by atoms with Crippen LogP contribution in [0, 0.1) is 0 Å². The summed E-state index contributed by atoms with van der Waals surface area (Å²) in [5, 5.41) is 3.46. The van der Waals surface area contributed by atoms with E-state index >= 15 is 0 Å². The Morgan fingerprint density at radius 2 is 1.58 bits per heavy atom. The van der Waals surface area contributed by atoms with E-state index in [0.717, 1.165) is 45.7 Å². The second-order valence-electron chi connectivity index (χ2n) is 6.69. The largest absolute Gasteiger partial charge is 0.352 e. The number of rotatable bonds is 7. The van der Waals surface area contributed by atoms with E-state index in [9.17, 15) is 4.79 Å². The molecule has 26 heavy (non-hydrogen) atoms. The predicted octanol–water partition coefficient (Wildman–Crippen LogP) is 3.28.